The fourth-order valence-corrected chi connectivity index (χ4v) is 1.85. The number of nitrogens with zero attached hydrogens (tertiary/aromatic N) is 1. The van der Waals surface area contributed by atoms with Gasteiger partial charge < -0.3 is 19.5 Å². The van der Waals surface area contributed by atoms with E-state index in [0.717, 1.165) is 5.56 Å². The zero-order valence-electron chi connectivity index (χ0n) is 11.7. The molecule has 0 bridgehead atoms. The van der Waals surface area contributed by atoms with Crippen LogP contribution in [0.15, 0.2) is 18.2 Å². The number of carbonyl (C=O) groups excluding carboxylic acids is 1. The van der Waals surface area contributed by atoms with E-state index in [-0.39, 0.29) is 18.9 Å². The summed E-state index contributed by atoms with van der Waals surface area (Å²) in [7, 11) is 3.15. The number of rotatable bonds is 7. The topological polar surface area (TPSA) is 59.0 Å². The van der Waals surface area contributed by atoms with Crippen molar-refractivity contribution in [1.82, 2.24) is 4.90 Å². The van der Waals surface area contributed by atoms with E-state index in [4.69, 9.17) is 14.6 Å². The number of amides is 1. The minimum Gasteiger partial charge on any atom is -0.497 e. The molecule has 1 aromatic carbocycles. The van der Waals surface area contributed by atoms with E-state index in [9.17, 15) is 4.79 Å². The maximum atomic E-state index is 12.1. The van der Waals surface area contributed by atoms with Crippen LogP contribution in [0.3, 0.4) is 0 Å². The summed E-state index contributed by atoms with van der Waals surface area (Å²) in [6, 6.07) is 5.38. The second kappa shape index (κ2) is 7.63. The van der Waals surface area contributed by atoms with Crippen molar-refractivity contribution in [2.45, 2.75) is 13.3 Å². The van der Waals surface area contributed by atoms with E-state index in [1.165, 1.54) is 0 Å². The Bertz CT molecular complexity index is 420. The Labute approximate surface area is 113 Å². The summed E-state index contributed by atoms with van der Waals surface area (Å²) in [6.45, 7) is 2.80. The minimum absolute atomic E-state index is 0.0278. The van der Waals surface area contributed by atoms with Crippen LogP contribution < -0.4 is 9.47 Å². The summed E-state index contributed by atoms with van der Waals surface area (Å²) in [4.78, 5) is 13.7. The summed E-state index contributed by atoms with van der Waals surface area (Å²) in [6.07, 6.45) is 0.251. The summed E-state index contributed by atoms with van der Waals surface area (Å²) in [5.41, 5.74) is 0.810. The Morgan fingerprint density at radius 2 is 2.05 bits per heavy atom. The zero-order chi connectivity index (χ0) is 14.3. The van der Waals surface area contributed by atoms with Gasteiger partial charge in [-0.25, -0.2) is 0 Å². The third-order valence-corrected chi connectivity index (χ3v) is 2.94. The molecular formula is C14H21NO4. The molecule has 0 aromatic heterocycles. The molecule has 1 rings (SSSR count). The molecule has 1 N–H and O–H groups in total. The van der Waals surface area contributed by atoms with E-state index in [2.05, 4.69) is 0 Å². The van der Waals surface area contributed by atoms with Gasteiger partial charge in [-0.1, -0.05) is 6.07 Å². The monoisotopic (exact) mass is 267 g/mol. The lowest BCUT2D eigenvalue weighted by atomic mass is 10.1. The number of carbonyl (C=O) groups is 1. The van der Waals surface area contributed by atoms with Crippen LogP contribution in [0.2, 0.25) is 0 Å². The second-order valence-corrected chi connectivity index (χ2v) is 4.05. The minimum atomic E-state index is -0.0284. The van der Waals surface area contributed by atoms with Crippen molar-refractivity contribution in [3.63, 3.8) is 0 Å². The molecule has 5 heteroatoms. The highest BCUT2D eigenvalue weighted by Gasteiger charge is 2.14. The van der Waals surface area contributed by atoms with Gasteiger partial charge in [0.2, 0.25) is 5.91 Å². The van der Waals surface area contributed by atoms with Crippen molar-refractivity contribution in [3.8, 4) is 11.5 Å². The molecule has 0 unspecified atom stereocenters. The first-order valence-corrected chi connectivity index (χ1v) is 6.25. The third kappa shape index (κ3) is 4.13. The van der Waals surface area contributed by atoms with Crippen LogP contribution in [0.1, 0.15) is 12.5 Å². The SMILES string of the molecule is CCN(CCO)C(=O)Cc1ccc(OC)cc1OC. The Kier molecular flexibility index (Phi) is 6.15. The van der Waals surface area contributed by atoms with Crippen molar-refractivity contribution < 1.29 is 19.4 Å². The van der Waals surface area contributed by atoms with Gasteiger partial charge >= 0.3 is 0 Å². The molecule has 0 aliphatic heterocycles. The second-order valence-electron chi connectivity index (χ2n) is 4.05. The van der Waals surface area contributed by atoms with Crippen LogP contribution in [0.4, 0.5) is 0 Å². The van der Waals surface area contributed by atoms with Gasteiger partial charge in [0.15, 0.2) is 0 Å². The molecule has 0 spiro atoms. The molecular weight excluding hydrogens is 246 g/mol. The van der Waals surface area contributed by atoms with Gasteiger partial charge in [0.25, 0.3) is 0 Å². The summed E-state index contributed by atoms with van der Waals surface area (Å²) < 4.78 is 10.4. The molecule has 19 heavy (non-hydrogen) atoms. The van der Waals surface area contributed by atoms with Gasteiger partial charge in [0, 0.05) is 24.7 Å². The van der Waals surface area contributed by atoms with Gasteiger partial charge in [0.05, 0.1) is 27.2 Å². The molecule has 0 aliphatic carbocycles. The highest BCUT2D eigenvalue weighted by atomic mass is 16.5. The number of aliphatic hydroxyl groups is 1. The molecule has 106 valence electrons. The number of hydrogen-bond acceptors (Lipinski definition) is 4. The van der Waals surface area contributed by atoms with E-state index >= 15 is 0 Å². The van der Waals surface area contributed by atoms with Crippen LogP contribution in [0.25, 0.3) is 0 Å². The Hall–Kier alpha value is -1.75. The van der Waals surface area contributed by atoms with Crippen LogP contribution in [-0.4, -0.2) is 49.8 Å². The highest BCUT2D eigenvalue weighted by molar-refractivity contribution is 5.79. The summed E-state index contributed by atoms with van der Waals surface area (Å²) >= 11 is 0. The normalized spacial score (nSPS) is 10.1. The first kappa shape index (κ1) is 15.3. The van der Waals surface area contributed by atoms with E-state index in [0.29, 0.717) is 24.6 Å². The maximum Gasteiger partial charge on any atom is 0.227 e. The summed E-state index contributed by atoms with van der Waals surface area (Å²) in [5, 5.41) is 8.92. The lowest BCUT2D eigenvalue weighted by Gasteiger charge is -2.20. The van der Waals surface area contributed by atoms with Gasteiger partial charge in [-0.15, -0.1) is 0 Å². The quantitative estimate of drug-likeness (QED) is 0.803. The molecule has 1 amide bonds. The third-order valence-electron chi connectivity index (χ3n) is 2.94. The smallest absolute Gasteiger partial charge is 0.227 e. The molecule has 0 saturated heterocycles. The number of ether oxygens (including phenoxy) is 2. The highest BCUT2D eigenvalue weighted by Crippen LogP contribution is 2.25. The van der Waals surface area contributed by atoms with Crippen LogP contribution in [-0.2, 0) is 11.2 Å². The molecule has 0 fully saturated rings. The maximum absolute atomic E-state index is 12.1. The van der Waals surface area contributed by atoms with Gasteiger partial charge in [0.1, 0.15) is 11.5 Å². The van der Waals surface area contributed by atoms with Crippen LogP contribution in [0.5, 0.6) is 11.5 Å². The molecule has 0 saturated carbocycles. The zero-order valence-corrected chi connectivity index (χ0v) is 11.7. The van der Waals surface area contributed by atoms with Crippen LogP contribution >= 0.6 is 0 Å². The molecule has 0 aliphatic rings. The predicted octanol–water partition coefficient (Wildman–Crippen LogP) is 1.09. The van der Waals surface area contributed by atoms with Crippen molar-refractivity contribution in [2.24, 2.45) is 0 Å². The van der Waals surface area contributed by atoms with Gasteiger partial charge in [-0.05, 0) is 13.0 Å². The summed E-state index contributed by atoms with van der Waals surface area (Å²) in [5.74, 6) is 1.29. The number of aliphatic hydroxyl groups excluding tert-OH is 1. The van der Waals surface area contributed by atoms with Crippen molar-refractivity contribution >= 4 is 5.91 Å². The average Bonchev–Trinajstić information content (AvgIpc) is 2.44. The van der Waals surface area contributed by atoms with Gasteiger partial charge in [-0.2, -0.15) is 0 Å². The molecule has 0 radical (unpaired) electrons. The van der Waals surface area contributed by atoms with Crippen molar-refractivity contribution in [3.05, 3.63) is 23.8 Å². The molecule has 5 nitrogen and oxygen atoms in total. The number of benzene rings is 1. The molecule has 1 aromatic rings. The van der Waals surface area contributed by atoms with Crippen molar-refractivity contribution in [2.75, 3.05) is 33.9 Å². The Morgan fingerprint density at radius 1 is 1.32 bits per heavy atom. The number of likely N-dealkylation sites (N-methyl/N-ethyl adjacent to an activating group) is 1. The standard InChI is InChI=1S/C14H21NO4/c1-4-15(7-8-16)14(17)9-11-5-6-12(18-2)10-13(11)19-3/h5-6,10,16H,4,7-9H2,1-3H3. The fraction of sp³-hybridized carbons (Fsp3) is 0.500. The van der Waals surface area contributed by atoms with Crippen LogP contribution in [0, 0.1) is 0 Å². The number of methoxy groups -OCH3 is 2. The Morgan fingerprint density at radius 3 is 2.58 bits per heavy atom. The Balaban J connectivity index is 2.83. The molecule has 0 atom stereocenters. The average molecular weight is 267 g/mol. The van der Waals surface area contributed by atoms with Crippen molar-refractivity contribution in [1.29, 1.82) is 0 Å². The van der Waals surface area contributed by atoms with Gasteiger partial charge in [-0.3, -0.25) is 4.79 Å². The lowest BCUT2D eigenvalue weighted by Crippen LogP contribution is -2.34. The fourth-order valence-electron chi connectivity index (χ4n) is 1.85. The van der Waals surface area contributed by atoms with E-state index in [1.807, 2.05) is 13.0 Å². The lowest BCUT2D eigenvalue weighted by molar-refractivity contribution is -0.130. The predicted molar refractivity (Wildman–Crippen MR) is 72.6 cm³/mol. The first-order chi connectivity index (χ1) is 9.15. The number of hydrogen-bond donors (Lipinski definition) is 1. The van der Waals surface area contributed by atoms with E-state index < -0.39 is 0 Å². The first-order valence-electron chi connectivity index (χ1n) is 6.25. The van der Waals surface area contributed by atoms with E-state index in [1.54, 1.807) is 31.3 Å². The largest absolute Gasteiger partial charge is 0.497 e. The molecule has 0 heterocycles.